The van der Waals surface area contributed by atoms with Crippen molar-refractivity contribution in [1.82, 2.24) is 4.90 Å². The standard InChI is InChI=1S/C24H28N3O2PS/c1-2-30(29)13-11-27(12-14-30)17-18-5-7-19(8-6-18)24(28)26-22-16-20(9-10-21(22)25)23-4-3-15-31-23/h3-10,15-16H,2,11-14,17,25H2,1H3,(H,26,28). The second kappa shape index (κ2) is 9.39. The predicted molar refractivity (Wildman–Crippen MR) is 132 cm³/mol. The van der Waals surface area contributed by atoms with Gasteiger partial charge in [0.25, 0.3) is 5.91 Å². The van der Waals surface area contributed by atoms with E-state index < -0.39 is 7.14 Å². The third-order valence-electron chi connectivity index (χ3n) is 5.95. The normalized spacial score (nSPS) is 16.2. The summed E-state index contributed by atoms with van der Waals surface area (Å²) in [5.41, 5.74) is 10.0. The molecule has 4 rings (SSSR count). The van der Waals surface area contributed by atoms with Gasteiger partial charge in [-0.3, -0.25) is 9.69 Å². The topological polar surface area (TPSA) is 75.4 Å². The Morgan fingerprint density at radius 2 is 1.87 bits per heavy atom. The van der Waals surface area contributed by atoms with Crippen LogP contribution in [0, 0.1) is 0 Å². The summed E-state index contributed by atoms with van der Waals surface area (Å²) in [6.45, 7) is 4.62. The summed E-state index contributed by atoms with van der Waals surface area (Å²) in [5.74, 6) is -0.177. The SMILES string of the molecule is CCP1(=O)CCN(Cc2ccc(C(=O)Nc3cc(-c4cccs4)ccc3N)cc2)CC1. The first-order valence-corrected chi connectivity index (χ1v) is 13.7. The molecule has 1 aromatic heterocycles. The first kappa shape index (κ1) is 21.8. The van der Waals surface area contributed by atoms with Gasteiger partial charge < -0.3 is 15.6 Å². The molecule has 1 aliphatic heterocycles. The van der Waals surface area contributed by atoms with Gasteiger partial charge in [0.2, 0.25) is 0 Å². The third kappa shape index (κ3) is 5.27. The Bertz CT molecular complexity index is 1080. The van der Waals surface area contributed by atoms with E-state index in [1.807, 2.05) is 66.9 Å². The van der Waals surface area contributed by atoms with Crippen LogP contribution in [0.4, 0.5) is 11.4 Å². The summed E-state index contributed by atoms with van der Waals surface area (Å²) < 4.78 is 12.5. The molecule has 0 atom stereocenters. The van der Waals surface area contributed by atoms with Gasteiger partial charge in [-0.15, -0.1) is 11.3 Å². The zero-order valence-corrected chi connectivity index (χ0v) is 19.4. The van der Waals surface area contributed by atoms with Gasteiger partial charge in [0.05, 0.1) is 18.5 Å². The van der Waals surface area contributed by atoms with Gasteiger partial charge in [-0.25, -0.2) is 0 Å². The van der Waals surface area contributed by atoms with Crippen molar-refractivity contribution in [1.29, 1.82) is 0 Å². The number of nitrogens with two attached hydrogens (primary N) is 1. The number of hydrogen-bond acceptors (Lipinski definition) is 5. The molecule has 2 aromatic carbocycles. The number of nitrogens with zero attached hydrogens (tertiary/aromatic N) is 1. The Morgan fingerprint density at radius 3 is 2.52 bits per heavy atom. The largest absolute Gasteiger partial charge is 0.397 e. The van der Waals surface area contributed by atoms with Crippen molar-refractivity contribution in [3.63, 3.8) is 0 Å². The summed E-state index contributed by atoms with van der Waals surface area (Å²) in [5, 5.41) is 4.97. The number of nitrogens with one attached hydrogen (secondary N) is 1. The average Bonchev–Trinajstić information content (AvgIpc) is 3.32. The number of rotatable bonds is 6. The summed E-state index contributed by atoms with van der Waals surface area (Å²) in [4.78, 5) is 16.2. The molecule has 3 N–H and O–H groups in total. The summed E-state index contributed by atoms with van der Waals surface area (Å²) in [6.07, 6.45) is 2.44. The van der Waals surface area contributed by atoms with Crippen molar-refractivity contribution in [2.24, 2.45) is 0 Å². The number of benzene rings is 2. The molecule has 1 saturated heterocycles. The lowest BCUT2D eigenvalue weighted by Crippen LogP contribution is -2.34. The van der Waals surface area contributed by atoms with Crippen LogP contribution in [0.15, 0.2) is 60.0 Å². The molecule has 0 spiro atoms. The number of hydrogen-bond donors (Lipinski definition) is 2. The minimum atomic E-state index is -1.92. The van der Waals surface area contributed by atoms with Gasteiger partial charge in [-0.1, -0.05) is 31.2 Å². The van der Waals surface area contributed by atoms with Gasteiger partial charge in [-0.05, 0) is 53.0 Å². The number of carbonyl (C=O) groups is 1. The quantitative estimate of drug-likeness (QED) is 0.385. The molecule has 31 heavy (non-hydrogen) atoms. The van der Waals surface area contributed by atoms with E-state index in [-0.39, 0.29) is 5.91 Å². The zero-order chi connectivity index (χ0) is 21.8. The van der Waals surface area contributed by atoms with E-state index in [2.05, 4.69) is 10.2 Å². The first-order chi connectivity index (χ1) is 15.0. The number of nitrogen functional groups attached to an aromatic ring is 1. The number of anilines is 2. The van der Waals surface area contributed by atoms with E-state index in [0.717, 1.165) is 54.1 Å². The summed E-state index contributed by atoms with van der Waals surface area (Å²) >= 11 is 1.65. The van der Waals surface area contributed by atoms with E-state index in [4.69, 9.17) is 5.73 Å². The number of amides is 1. The van der Waals surface area contributed by atoms with Gasteiger partial charge in [-0.2, -0.15) is 0 Å². The van der Waals surface area contributed by atoms with Crippen molar-refractivity contribution in [2.75, 3.05) is 42.6 Å². The summed E-state index contributed by atoms with van der Waals surface area (Å²) in [7, 11) is -1.92. The second-order valence-electron chi connectivity index (χ2n) is 8.03. The molecule has 1 aliphatic rings. The van der Waals surface area contributed by atoms with Crippen LogP contribution in [-0.4, -0.2) is 42.4 Å². The molecule has 1 amide bonds. The van der Waals surface area contributed by atoms with E-state index in [9.17, 15) is 9.36 Å². The molecule has 0 aliphatic carbocycles. The van der Waals surface area contributed by atoms with Gasteiger partial charge in [0, 0.05) is 42.4 Å². The zero-order valence-electron chi connectivity index (χ0n) is 17.7. The summed E-state index contributed by atoms with van der Waals surface area (Å²) in [6, 6.07) is 17.4. The van der Waals surface area contributed by atoms with Gasteiger partial charge in [0.1, 0.15) is 0 Å². The molecule has 5 nitrogen and oxygen atoms in total. The minimum absolute atomic E-state index is 0.177. The highest BCUT2D eigenvalue weighted by atomic mass is 32.1. The smallest absolute Gasteiger partial charge is 0.255 e. The van der Waals surface area contributed by atoms with Crippen molar-refractivity contribution in [2.45, 2.75) is 13.5 Å². The maximum absolute atomic E-state index is 12.8. The lowest BCUT2D eigenvalue weighted by atomic mass is 10.1. The lowest BCUT2D eigenvalue weighted by Gasteiger charge is -2.31. The Balaban J connectivity index is 1.39. The predicted octanol–water partition coefficient (Wildman–Crippen LogP) is 5.45. The maximum Gasteiger partial charge on any atom is 0.255 e. The number of carbonyl (C=O) groups excluding carboxylic acids is 1. The molecule has 0 saturated carbocycles. The molecule has 1 fully saturated rings. The van der Waals surface area contributed by atoms with Crippen molar-refractivity contribution >= 4 is 35.8 Å². The Morgan fingerprint density at radius 1 is 1.13 bits per heavy atom. The van der Waals surface area contributed by atoms with Crippen LogP contribution in [0.5, 0.6) is 0 Å². The van der Waals surface area contributed by atoms with Crippen molar-refractivity contribution in [3.8, 4) is 10.4 Å². The number of thiophene rings is 1. The van der Waals surface area contributed by atoms with Gasteiger partial charge >= 0.3 is 0 Å². The van der Waals surface area contributed by atoms with Crippen LogP contribution in [0.25, 0.3) is 10.4 Å². The molecular weight excluding hydrogens is 425 g/mol. The minimum Gasteiger partial charge on any atom is -0.397 e. The van der Waals surface area contributed by atoms with Crippen molar-refractivity contribution < 1.29 is 9.36 Å². The third-order valence-corrected chi connectivity index (χ3v) is 10.1. The van der Waals surface area contributed by atoms with Crippen LogP contribution >= 0.6 is 18.5 Å². The van der Waals surface area contributed by atoms with Gasteiger partial charge in [0.15, 0.2) is 0 Å². The maximum atomic E-state index is 12.8. The van der Waals surface area contributed by atoms with Crippen LogP contribution in [0.3, 0.4) is 0 Å². The molecule has 0 unspecified atom stereocenters. The average molecular weight is 454 g/mol. The molecule has 7 heteroatoms. The Hall–Kier alpha value is -2.40. The van der Waals surface area contributed by atoms with Crippen LogP contribution in [0.2, 0.25) is 0 Å². The lowest BCUT2D eigenvalue weighted by molar-refractivity contribution is 0.102. The van der Waals surface area contributed by atoms with Crippen LogP contribution in [-0.2, 0) is 11.1 Å². The molecule has 2 heterocycles. The molecule has 0 radical (unpaired) electrons. The van der Waals surface area contributed by atoms with Crippen LogP contribution < -0.4 is 11.1 Å². The Kier molecular flexibility index (Phi) is 6.61. The monoisotopic (exact) mass is 453 g/mol. The molecule has 3 aromatic rings. The molecule has 0 bridgehead atoms. The first-order valence-electron chi connectivity index (χ1n) is 10.6. The fourth-order valence-electron chi connectivity index (χ4n) is 3.82. The van der Waals surface area contributed by atoms with Crippen LogP contribution in [0.1, 0.15) is 22.8 Å². The molecular formula is C24H28N3O2PS. The highest BCUT2D eigenvalue weighted by Gasteiger charge is 2.26. The highest BCUT2D eigenvalue weighted by molar-refractivity contribution is 7.64. The van der Waals surface area contributed by atoms with E-state index >= 15 is 0 Å². The second-order valence-corrected chi connectivity index (χ2v) is 12.6. The fraction of sp³-hybridized carbons (Fsp3) is 0.292. The van der Waals surface area contributed by atoms with Crippen molar-refractivity contribution in [3.05, 3.63) is 71.1 Å². The van der Waals surface area contributed by atoms with E-state index in [1.54, 1.807) is 11.3 Å². The fourth-order valence-corrected chi connectivity index (χ4v) is 6.69. The Labute approximate surface area is 187 Å². The van der Waals surface area contributed by atoms with E-state index in [1.165, 1.54) is 0 Å². The molecule has 162 valence electrons. The highest BCUT2D eigenvalue weighted by Crippen LogP contribution is 2.46. The van der Waals surface area contributed by atoms with E-state index in [0.29, 0.717) is 16.9 Å².